The van der Waals surface area contributed by atoms with E-state index >= 15 is 0 Å². The molecule has 1 N–H and O–H groups in total. The van der Waals surface area contributed by atoms with Crippen LogP contribution in [0.4, 0.5) is 10.5 Å². The molecule has 2 rings (SSSR count). The first-order valence-corrected chi connectivity index (χ1v) is 6.67. The number of aryl methyl sites for hydroxylation is 1. The Balaban J connectivity index is 1.94. The fourth-order valence-corrected chi connectivity index (χ4v) is 2.55. The van der Waals surface area contributed by atoms with Crippen molar-refractivity contribution in [1.82, 2.24) is 4.90 Å². The number of hydrogen-bond donors (Lipinski definition) is 1. The summed E-state index contributed by atoms with van der Waals surface area (Å²) >= 11 is 1.79. The van der Waals surface area contributed by atoms with Crippen LogP contribution in [0.2, 0.25) is 0 Å². The Kier molecular flexibility index (Phi) is 3.72. The normalized spacial score (nSPS) is 15.2. The molecule has 1 saturated heterocycles. The molecule has 0 aliphatic carbocycles. The highest BCUT2D eigenvalue weighted by molar-refractivity contribution is 7.99. The molecule has 3 nitrogen and oxygen atoms in total. The molecule has 86 valence electrons. The van der Waals surface area contributed by atoms with Gasteiger partial charge in [-0.15, -0.1) is 11.8 Å². The highest BCUT2D eigenvalue weighted by Gasteiger charge is 2.17. The zero-order chi connectivity index (χ0) is 11.4. The average molecular weight is 236 g/mol. The van der Waals surface area contributed by atoms with E-state index in [1.165, 1.54) is 5.56 Å². The van der Waals surface area contributed by atoms with Crippen molar-refractivity contribution in [1.29, 1.82) is 0 Å². The predicted molar refractivity (Wildman–Crippen MR) is 68.9 cm³/mol. The van der Waals surface area contributed by atoms with Gasteiger partial charge in [0.1, 0.15) is 0 Å². The number of anilines is 1. The van der Waals surface area contributed by atoms with Crippen LogP contribution in [-0.2, 0) is 6.42 Å². The third-order valence-corrected chi connectivity index (χ3v) is 3.62. The van der Waals surface area contributed by atoms with Crippen molar-refractivity contribution in [3.05, 3.63) is 29.8 Å². The van der Waals surface area contributed by atoms with E-state index in [0.29, 0.717) is 0 Å². The largest absolute Gasteiger partial charge is 0.322 e. The minimum Gasteiger partial charge on any atom is -0.314 e. The number of benzene rings is 1. The van der Waals surface area contributed by atoms with Crippen LogP contribution >= 0.6 is 11.8 Å². The molecule has 1 aliphatic heterocycles. The Morgan fingerprint density at radius 2 is 2.19 bits per heavy atom. The van der Waals surface area contributed by atoms with Crippen molar-refractivity contribution in [2.75, 3.05) is 23.5 Å². The smallest absolute Gasteiger partial charge is 0.314 e. The lowest BCUT2D eigenvalue weighted by molar-refractivity contribution is 0.225. The van der Waals surface area contributed by atoms with Gasteiger partial charge in [-0.25, -0.2) is 4.79 Å². The molecule has 1 fully saturated rings. The van der Waals surface area contributed by atoms with Crippen LogP contribution in [0.15, 0.2) is 24.3 Å². The maximum Gasteiger partial charge on any atom is 0.322 e. The van der Waals surface area contributed by atoms with Gasteiger partial charge in [0.15, 0.2) is 0 Å². The Labute approximate surface area is 100 Å². The average Bonchev–Trinajstić information content (AvgIpc) is 2.83. The summed E-state index contributed by atoms with van der Waals surface area (Å²) in [5.74, 6) is 1.85. The fourth-order valence-electron chi connectivity index (χ4n) is 1.60. The van der Waals surface area contributed by atoms with Crippen LogP contribution in [0, 0.1) is 0 Å². The second-order valence-corrected chi connectivity index (χ2v) is 4.86. The molecule has 1 aromatic rings. The summed E-state index contributed by atoms with van der Waals surface area (Å²) in [6.07, 6.45) is 1.02. The molecular formula is C12H16N2OS. The summed E-state index contributed by atoms with van der Waals surface area (Å²) in [6.45, 7) is 2.97. The van der Waals surface area contributed by atoms with Gasteiger partial charge < -0.3 is 10.2 Å². The van der Waals surface area contributed by atoms with Gasteiger partial charge in [0.25, 0.3) is 0 Å². The molecule has 0 unspecified atom stereocenters. The predicted octanol–water partition coefficient (Wildman–Crippen LogP) is 2.79. The van der Waals surface area contributed by atoms with Crippen LogP contribution in [0.3, 0.4) is 0 Å². The van der Waals surface area contributed by atoms with Crippen molar-refractivity contribution >= 4 is 23.5 Å². The number of rotatable bonds is 2. The molecule has 0 aromatic heterocycles. The summed E-state index contributed by atoms with van der Waals surface area (Å²) in [6, 6.07) is 8.03. The first kappa shape index (κ1) is 11.3. The van der Waals surface area contributed by atoms with E-state index in [2.05, 4.69) is 12.2 Å². The van der Waals surface area contributed by atoms with Gasteiger partial charge >= 0.3 is 6.03 Å². The van der Waals surface area contributed by atoms with Gasteiger partial charge in [0, 0.05) is 18.0 Å². The number of nitrogens with one attached hydrogen (secondary N) is 1. The highest BCUT2D eigenvalue weighted by Crippen LogP contribution is 2.16. The van der Waals surface area contributed by atoms with E-state index in [1.807, 2.05) is 29.2 Å². The van der Waals surface area contributed by atoms with Crippen LogP contribution in [0.1, 0.15) is 12.5 Å². The van der Waals surface area contributed by atoms with Gasteiger partial charge in [-0.3, -0.25) is 0 Å². The first-order valence-electron chi connectivity index (χ1n) is 5.52. The number of urea groups is 1. The van der Waals surface area contributed by atoms with Crippen LogP contribution in [0.5, 0.6) is 0 Å². The molecule has 1 heterocycles. The Morgan fingerprint density at radius 3 is 2.75 bits per heavy atom. The van der Waals surface area contributed by atoms with E-state index in [4.69, 9.17) is 0 Å². The van der Waals surface area contributed by atoms with Crippen LogP contribution in [0.25, 0.3) is 0 Å². The Bertz CT molecular complexity index is 358. The number of hydrogen-bond acceptors (Lipinski definition) is 2. The van der Waals surface area contributed by atoms with Gasteiger partial charge in [0.2, 0.25) is 0 Å². The maximum atomic E-state index is 11.8. The highest BCUT2D eigenvalue weighted by atomic mass is 32.2. The van der Waals surface area contributed by atoms with Crippen molar-refractivity contribution < 1.29 is 4.79 Å². The molecule has 0 atom stereocenters. The van der Waals surface area contributed by atoms with E-state index in [0.717, 1.165) is 30.3 Å². The molecule has 0 spiro atoms. The zero-order valence-electron chi connectivity index (χ0n) is 9.40. The molecule has 0 saturated carbocycles. The van der Waals surface area contributed by atoms with E-state index in [-0.39, 0.29) is 6.03 Å². The summed E-state index contributed by atoms with van der Waals surface area (Å²) in [4.78, 5) is 13.6. The third kappa shape index (κ3) is 2.70. The summed E-state index contributed by atoms with van der Waals surface area (Å²) in [5.41, 5.74) is 2.16. The topological polar surface area (TPSA) is 32.3 Å². The van der Waals surface area contributed by atoms with Gasteiger partial charge in [-0.05, 0) is 24.1 Å². The number of nitrogens with zero attached hydrogens (tertiary/aromatic N) is 1. The summed E-state index contributed by atoms with van der Waals surface area (Å²) in [7, 11) is 0. The molecular weight excluding hydrogens is 220 g/mol. The Morgan fingerprint density at radius 1 is 1.44 bits per heavy atom. The van der Waals surface area contributed by atoms with Crippen molar-refractivity contribution in [2.45, 2.75) is 13.3 Å². The second-order valence-electron chi connectivity index (χ2n) is 3.78. The standard InChI is InChI=1S/C12H16N2OS/c1-2-10-3-5-11(6-4-10)13-12(15)14-7-8-16-9-14/h3-6H,2,7-9H2,1H3,(H,13,15). The molecule has 16 heavy (non-hydrogen) atoms. The zero-order valence-corrected chi connectivity index (χ0v) is 10.2. The van der Waals surface area contributed by atoms with Crippen LogP contribution in [-0.4, -0.2) is 29.1 Å². The number of carbonyl (C=O) groups is 1. The molecule has 1 aliphatic rings. The minimum atomic E-state index is 0.00856. The first-order chi connectivity index (χ1) is 7.79. The molecule has 4 heteroatoms. The number of amides is 2. The van der Waals surface area contributed by atoms with Gasteiger partial charge in [0.05, 0.1) is 5.88 Å². The van der Waals surface area contributed by atoms with E-state index < -0.39 is 0 Å². The van der Waals surface area contributed by atoms with Crippen molar-refractivity contribution in [2.24, 2.45) is 0 Å². The van der Waals surface area contributed by atoms with Crippen LogP contribution < -0.4 is 5.32 Å². The molecule has 1 aromatic carbocycles. The number of carbonyl (C=O) groups excluding carboxylic acids is 1. The lowest BCUT2D eigenvalue weighted by Gasteiger charge is -2.15. The van der Waals surface area contributed by atoms with E-state index in [1.54, 1.807) is 11.8 Å². The molecule has 0 bridgehead atoms. The number of thioether (sulfide) groups is 1. The lowest BCUT2D eigenvalue weighted by atomic mass is 10.1. The second kappa shape index (κ2) is 5.25. The summed E-state index contributed by atoms with van der Waals surface area (Å²) < 4.78 is 0. The quantitative estimate of drug-likeness (QED) is 0.856. The summed E-state index contributed by atoms with van der Waals surface area (Å²) in [5, 5.41) is 2.91. The maximum absolute atomic E-state index is 11.8. The SMILES string of the molecule is CCc1ccc(NC(=O)N2CCSC2)cc1. The third-order valence-electron chi connectivity index (χ3n) is 2.65. The Hall–Kier alpha value is -1.16. The van der Waals surface area contributed by atoms with Gasteiger partial charge in [-0.2, -0.15) is 0 Å². The monoisotopic (exact) mass is 236 g/mol. The van der Waals surface area contributed by atoms with E-state index in [9.17, 15) is 4.79 Å². The fraction of sp³-hybridized carbons (Fsp3) is 0.417. The lowest BCUT2D eigenvalue weighted by Crippen LogP contribution is -2.32. The molecule has 0 radical (unpaired) electrons. The van der Waals surface area contributed by atoms with Crippen molar-refractivity contribution in [3.63, 3.8) is 0 Å². The van der Waals surface area contributed by atoms with Gasteiger partial charge in [-0.1, -0.05) is 19.1 Å². The van der Waals surface area contributed by atoms with Crippen molar-refractivity contribution in [3.8, 4) is 0 Å². The molecule has 2 amide bonds. The minimum absolute atomic E-state index is 0.00856.